The highest BCUT2D eigenvalue weighted by Gasteiger charge is 2.12. The topological polar surface area (TPSA) is 38.3 Å². The van der Waals surface area contributed by atoms with Gasteiger partial charge in [-0.25, -0.2) is 0 Å². The zero-order valence-electron chi connectivity index (χ0n) is 10.6. The van der Waals surface area contributed by atoms with Crippen LogP contribution < -0.4 is 10.1 Å². The molecule has 0 aromatic heterocycles. The first-order valence-corrected chi connectivity index (χ1v) is 5.60. The summed E-state index contributed by atoms with van der Waals surface area (Å²) in [5.41, 5.74) is 0.389. The molecule has 3 nitrogen and oxygen atoms in total. The SMILES string of the molecule is C=CCNC(=O)c1ccc(OC(C)(C)C)cc1. The first-order chi connectivity index (χ1) is 7.92. The summed E-state index contributed by atoms with van der Waals surface area (Å²) in [7, 11) is 0. The maximum Gasteiger partial charge on any atom is 0.251 e. The monoisotopic (exact) mass is 233 g/mol. The summed E-state index contributed by atoms with van der Waals surface area (Å²) in [6.45, 7) is 9.97. The molecule has 0 heterocycles. The molecule has 1 N–H and O–H groups in total. The van der Waals surface area contributed by atoms with Crippen LogP contribution >= 0.6 is 0 Å². The minimum Gasteiger partial charge on any atom is -0.488 e. The van der Waals surface area contributed by atoms with Gasteiger partial charge in [0.05, 0.1) is 0 Å². The molecule has 0 aliphatic rings. The van der Waals surface area contributed by atoms with Crippen LogP contribution in [-0.4, -0.2) is 18.1 Å². The predicted octanol–water partition coefficient (Wildman–Crippen LogP) is 2.78. The zero-order chi connectivity index (χ0) is 12.9. The van der Waals surface area contributed by atoms with Crippen molar-refractivity contribution in [3.8, 4) is 5.75 Å². The van der Waals surface area contributed by atoms with Crippen LogP contribution in [0.1, 0.15) is 31.1 Å². The molecule has 0 aliphatic heterocycles. The average Bonchev–Trinajstić information content (AvgIpc) is 2.24. The zero-order valence-corrected chi connectivity index (χ0v) is 10.6. The van der Waals surface area contributed by atoms with Crippen LogP contribution in [0.2, 0.25) is 0 Å². The molecule has 0 aliphatic carbocycles. The van der Waals surface area contributed by atoms with Crippen molar-refractivity contribution in [2.24, 2.45) is 0 Å². The number of carbonyl (C=O) groups is 1. The largest absolute Gasteiger partial charge is 0.488 e. The van der Waals surface area contributed by atoms with E-state index < -0.39 is 0 Å². The Bertz CT molecular complexity index is 388. The van der Waals surface area contributed by atoms with Gasteiger partial charge in [-0.1, -0.05) is 6.08 Å². The van der Waals surface area contributed by atoms with E-state index in [4.69, 9.17) is 4.74 Å². The third-order valence-corrected chi connectivity index (χ3v) is 1.95. The van der Waals surface area contributed by atoms with E-state index in [-0.39, 0.29) is 11.5 Å². The maximum atomic E-state index is 11.6. The lowest BCUT2D eigenvalue weighted by Gasteiger charge is -2.21. The number of benzene rings is 1. The predicted molar refractivity (Wildman–Crippen MR) is 69.4 cm³/mol. The van der Waals surface area contributed by atoms with Gasteiger partial charge in [-0.3, -0.25) is 4.79 Å². The number of hydrogen-bond acceptors (Lipinski definition) is 2. The molecule has 0 saturated carbocycles. The number of hydrogen-bond donors (Lipinski definition) is 1. The maximum absolute atomic E-state index is 11.6. The van der Waals surface area contributed by atoms with Crippen molar-refractivity contribution in [3.63, 3.8) is 0 Å². The first-order valence-electron chi connectivity index (χ1n) is 5.60. The van der Waals surface area contributed by atoms with E-state index in [1.807, 2.05) is 20.8 Å². The minimum atomic E-state index is -0.230. The Balaban J connectivity index is 2.67. The van der Waals surface area contributed by atoms with Crippen molar-refractivity contribution in [1.29, 1.82) is 0 Å². The molecule has 92 valence electrons. The summed E-state index contributed by atoms with van der Waals surface area (Å²) >= 11 is 0. The lowest BCUT2D eigenvalue weighted by Crippen LogP contribution is -2.24. The molecule has 0 unspecified atom stereocenters. The van der Waals surface area contributed by atoms with Crippen molar-refractivity contribution in [3.05, 3.63) is 42.5 Å². The number of carbonyl (C=O) groups excluding carboxylic acids is 1. The Morgan fingerprint density at radius 3 is 2.41 bits per heavy atom. The van der Waals surface area contributed by atoms with Gasteiger partial charge < -0.3 is 10.1 Å². The molecule has 1 aromatic carbocycles. The molecule has 0 spiro atoms. The van der Waals surface area contributed by atoms with Crippen LogP contribution in [0.25, 0.3) is 0 Å². The van der Waals surface area contributed by atoms with Crippen molar-refractivity contribution in [2.45, 2.75) is 26.4 Å². The summed E-state index contributed by atoms with van der Waals surface area (Å²) in [5, 5.41) is 2.72. The Kier molecular flexibility index (Phi) is 4.32. The van der Waals surface area contributed by atoms with E-state index in [2.05, 4.69) is 11.9 Å². The van der Waals surface area contributed by atoms with Crippen LogP contribution in [0.5, 0.6) is 5.75 Å². The van der Waals surface area contributed by atoms with Gasteiger partial charge >= 0.3 is 0 Å². The fourth-order valence-corrected chi connectivity index (χ4v) is 1.29. The molecule has 17 heavy (non-hydrogen) atoms. The van der Waals surface area contributed by atoms with E-state index in [1.165, 1.54) is 0 Å². The van der Waals surface area contributed by atoms with Gasteiger partial charge in [0.1, 0.15) is 11.4 Å². The second-order valence-electron chi connectivity index (χ2n) is 4.74. The second kappa shape index (κ2) is 5.53. The van der Waals surface area contributed by atoms with Crippen molar-refractivity contribution in [1.82, 2.24) is 5.32 Å². The highest BCUT2D eigenvalue weighted by atomic mass is 16.5. The van der Waals surface area contributed by atoms with Crippen LogP contribution in [0.3, 0.4) is 0 Å². The lowest BCUT2D eigenvalue weighted by atomic mass is 10.1. The molecular formula is C14H19NO2. The molecule has 1 amide bonds. The number of ether oxygens (including phenoxy) is 1. The van der Waals surface area contributed by atoms with Crippen molar-refractivity contribution >= 4 is 5.91 Å². The molecule has 0 atom stereocenters. The third-order valence-electron chi connectivity index (χ3n) is 1.95. The summed E-state index contributed by atoms with van der Waals surface area (Å²) in [6, 6.07) is 7.10. The number of rotatable bonds is 4. The van der Waals surface area contributed by atoms with Crippen LogP contribution in [0, 0.1) is 0 Å². The summed E-state index contributed by atoms with van der Waals surface area (Å²) in [5.74, 6) is 0.657. The Labute approximate surface area is 102 Å². The van der Waals surface area contributed by atoms with E-state index in [0.29, 0.717) is 12.1 Å². The van der Waals surface area contributed by atoms with Crippen LogP contribution in [0.4, 0.5) is 0 Å². The summed E-state index contributed by atoms with van der Waals surface area (Å²) in [6.07, 6.45) is 1.65. The lowest BCUT2D eigenvalue weighted by molar-refractivity contribution is 0.0958. The quantitative estimate of drug-likeness (QED) is 0.812. The van der Waals surface area contributed by atoms with Crippen molar-refractivity contribution < 1.29 is 9.53 Å². The Morgan fingerprint density at radius 1 is 1.35 bits per heavy atom. The van der Waals surface area contributed by atoms with Gasteiger partial charge in [-0.15, -0.1) is 6.58 Å². The van der Waals surface area contributed by atoms with Crippen LogP contribution in [-0.2, 0) is 0 Å². The molecular weight excluding hydrogens is 214 g/mol. The average molecular weight is 233 g/mol. The van der Waals surface area contributed by atoms with E-state index in [1.54, 1.807) is 30.3 Å². The third kappa shape index (κ3) is 4.72. The standard InChI is InChI=1S/C14H19NO2/c1-5-10-15-13(16)11-6-8-12(9-7-11)17-14(2,3)4/h5-9H,1,10H2,2-4H3,(H,15,16). The Hall–Kier alpha value is -1.77. The minimum absolute atomic E-state index is 0.104. The van der Waals surface area contributed by atoms with E-state index in [9.17, 15) is 4.79 Å². The highest BCUT2D eigenvalue weighted by molar-refractivity contribution is 5.94. The smallest absolute Gasteiger partial charge is 0.251 e. The fourth-order valence-electron chi connectivity index (χ4n) is 1.29. The number of nitrogens with one attached hydrogen (secondary N) is 1. The summed E-state index contributed by atoms with van der Waals surface area (Å²) in [4.78, 5) is 11.6. The molecule has 1 rings (SSSR count). The second-order valence-corrected chi connectivity index (χ2v) is 4.74. The van der Waals surface area contributed by atoms with Gasteiger partial charge in [0.15, 0.2) is 0 Å². The van der Waals surface area contributed by atoms with Gasteiger partial charge in [-0.2, -0.15) is 0 Å². The molecule has 0 radical (unpaired) electrons. The molecule has 3 heteroatoms. The van der Waals surface area contributed by atoms with Crippen LogP contribution in [0.15, 0.2) is 36.9 Å². The first kappa shape index (κ1) is 13.3. The van der Waals surface area contributed by atoms with Gasteiger partial charge in [0, 0.05) is 12.1 Å². The Morgan fingerprint density at radius 2 is 1.94 bits per heavy atom. The van der Waals surface area contributed by atoms with E-state index in [0.717, 1.165) is 5.75 Å². The van der Waals surface area contributed by atoms with E-state index >= 15 is 0 Å². The van der Waals surface area contributed by atoms with Gasteiger partial charge in [0.2, 0.25) is 0 Å². The number of amides is 1. The molecule has 0 saturated heterocycles. The normalized spacial score (nSPS) is 10.8. The molecule has 1 aromatic rings. The van der Waals surface area contributed by atoms with Gasteiger partial charge in [0.25, 0.3) is 5.91 Å². The van der Waals surface area contributed by atoms with Crippen molar-refractivity contribution in [2.75, 3.05) is 6.54 Å². The fraction of sp³-hybridized carbons (Fsp3) is 0.357. The van der Waals surface area contributed by atoms with Gasteiger partial charge in [-0.05, 0) is 45.0 Å². The highest BCUT2D eigenvalue weighted by Crippen LogP contribution is 2.18. The molecule has 0 bridgehead atoms. The summed E-state index contributed by atoms with van der Waals surface area (Å²) < 4.78 is 5.67. The molecule has 0 fully saturated rings.